The number of hydrogen-bond donors (Lipinski definition) is 2. The minimum atomic E-state index is -0.529. The SMILES string of the molecule is COC(=NNC(=O)Nc1ccccc1)c1cccnc1C(C)=O. The minimum absolute atomic E-state index is 0.0894. The fourth-order valence-electron chi connectivity index (χ4n) is 1.86. The Morgan fingerprint density at radius 2 is 1.87 bits per heavy atom. The Bertz CT molecular complexity index is 729. The highest BCUT2D eigenvalue weighted by molar-refractivity contribution is 6.06. The lowest BCUT2D eigenvalue weighted by molar-refractivity contribution is 0.101. The highest BCUT2D eigenvalue weighted by atomic mass is 16.5. The van der Waals surface area contributed by atoms with E-state index >= 15 is 0 Å². The van der Waals surface area contributed by atoms with E-state index in [-0.39, 0.29) is 17.4 Å². The van der Waals surface area contributed by atoms with Gasteiger partial charge in [-0.25, -0.2) is 10.2 Å². The van der Waals surface area contributed by atoms with E-state index in [9.17, 15) is 9.59 Å². The molecular weight excluding hydrogens is 296 g/mol. The second kappa shape index (κ2) is 7.69. The molecular formula is C16H16N4O3. The number of urea groups is 1. The van der Waals surface area contributed by atoms with E-state index in [1.807, 2.05) is 6.07 Å². The number of amides is 2. The molecule has 0 aliphatic rings. The van der Waals surface area contributed by atoms with E-state index in [0.717, 1.165) is 0 Å². The molecule has 2 amide bonds. The Morgan fingerprint density at radius 3 is 2.52 bits per heavy atom. The second-order valence-electron chi connectivity index (χ2n) is 4.51. The average Bonchev–Trinajstić information content (AvgIpc) is 2.56. The first-order valence-electron chi connectivity index (χ1n) is 6.82. The van der Waals surface area contributed by atoms with Gasteiger partial charge in [0.1, 0.15) is 5.69 Å². The van der Waals surface area contributed by atoms with Gasteiger partial charge in [0.05, 0.1) is 12.7 Å². The number of ether oxygens (including phenoxy) is 1. The van der Waals surface area contributed by atoms with Crippen molar-refractivity contribution in [2.24, 2.45) is 5.10 Å². The predicted molar refractivity (Wildman–Crippen MR) is 86.4 cm³/mol. The van der Waals surface area contributed by atoms with Crippen molar-refractivity contribution >= 4 is 23.4 Å². The molecule has 23 heavy (non-hydrogen) atoms. The number of Topliss-reactive ketones (excluding diaryl/α,β-unsaturated/α-hetero) is 1. The van der Waals surface area contributed by atoms with Gasteiger partial charge in [-0.05, 0) is 24.3 Å². The van der Waals surface area contributed by atoms with Crippen molar-refractivity contribution < 1.29 is 14.3 Å². The number of hydrogen-bond acceptors (Lipinski definition) is 5. The standard InChI is InChI=1S/C16H16N4O3/c1-11(21)14-13(9-6-10-17-14)15(23-2)19-20-16(22)18-12-7-4-3-5-8-12/h3-10H,1-2H3,(H2,18,20,22). The number of nitrogens with one attached hydrogen (secondary N) is 2. The maximum absolute atomic E-state index is 11.8. The predicted octanol–water partition coefficient (Wildman–Crippen LogP) is 2.41. The number of nitrogens with zero attached hydrogens (tertiary/aromatic N) is 2. The zero-order valence-corrected chi connectivity index (χ0v) is 12.7. The molecule has 1 heterocycles. The summed E-state index contributed by atoms with van der Waals surface area (Å²) in [6.07, 6.45) is 1.50. The lowest BCUT2D eigenvalue weighted by Crippen LogP contribution is -2.26. The van der Waals surface area contributed by atoms with Gasteiger partial charge in [0.25, 0.3) is 0 Å². The average molecular weight is 312 g/mol. The smallest absolute Gasteiger partial charge is 0.339 e. The first-order chi connectivity index (χ1) is 11.1. The highest BCUT2D eigenvalue weighted by Crippen LogP contribution is 2.09. The fourth-order valence-corrected chi connectivity index (χ4v) is 1.86. The first-order valence-corrected chi connectivity index (χ1v) is 6.82. The van der Waals surface area contributed by atoms with Crippen LogP contribution in [-0.2, 0) is 4.74 Å². The maximum atomic E-state index is 11.8. The van der Waals surface area contributed by atoms with Gasteiger partial charge in [-0.2, -0.15) is 0 Å². The van der Waals surface area contributed by atoms with Crippen LogP contribution < -0.4 is 10.7 Å². The van der Waals surface area contributed by atoms with E-state index < -0.39 is 6.03 Å². The van der Waals surface area contributed by atoms with Gasteiger partial charge < -0.3 is 10.1 Å². The van der Waals surface area contributed by atoms with Crippen molar-refractivity contribution in [3.8, 4) is 0 Å². The maximum Gasteiger partial charge on any atom is 0.339 e. The molecule has 2 N–H and O–H groups in total. The molecule has 0 radical (unpaired) electrons. The largest absolute Gasteiger partial charge is 0.479 e. The Labute approximate surface area is 133 Å². The van der Waals surface area contributed by atoms with Crippen LogP contribution in [0.2, 0.25) is 0 Å². The number of pyridine rings is 1. The molecule has 1 aromatic carbocycles. The summed E-state index contributed by atoms with van der Waals surface area (Å²) in [5.41, 5.74) is 3.58. The molecule has 0 fully saturated rings. The van der Waals surface area contributed by atoms with Crippen LogP contribution in [0.15, 0.2) is 53.8 Å². The van der Waals surface area contributed by atoms with E-state index in [1.165, 1.54) is 20.2 Å². The number of methoxy groups -OCH3 is 1. The van der Waals surface area contributed by atoms with Crippen molar-refractivity contribution in [3.05, 3.63) is 59.9 Å². The van der Waals surface area contributed by atoms with Crippen molar-refractivity contribution in [3.63, 3.8) is 0 Å². The highest BCUT2D eigenvalue weighted by Gasteiger charge is 2.14. The van der Waals surface area contributed by atoms with Crippen LogP contribution in [0.1, 0.15) is 23.0 Å². The molecule has 0 saturated carbocycles. The summed E-state index contributed by atoms with van der Waals surface area (Å²) in [7, 11) is 1.40. The summed E-state index contributed by atoms with van der Waals surface area (Å²) in [5.74, 6) is -0.134. The molecule has 0 aliphatic carbocycles. The normalized spacial score (nSPS) is 10.8. The molecule has 2 rings (SSSR count). The van der Waals surface area contributed by atoms with Gasteiger partial charge in [-0.1, -0.05) is 18.2 Å². The van der Waals surface area contributed by atoms with E-state index in [4.69, 9.17) is 4.74 Å². The third-order valence-corrected chi connectivity index (χ3v) is 2.86. The Hall–Kier alpha value is -3.22. The van der Waals surface area contributed by atoms with Gasteiger partial charge in [-0.3, -0.25) is 9.78 Å². The van der Waals surface area contributed by atoms with Crippen LogP contribution in [-0.4, -0.2) is 29.8 Å². The van der Waals surface area contributed by atoms with E-state index in [2.05, 4.69) is 20.8 Å². The first kappa shape index (κ1) is 16.2. The molecule has 2 aromatic rings. The molecule has 118 valence electrons. The summed E-state index contributed by atoms with van der Waals surface area (Å²) < 4.78 is 5.14. The molecule has 1 aromatic heterocycles. The lowest BCUT2D eigenvalue weighted by atomic mass is 10.1. The Morgan fingerprint density at radius 1 is 1.13 bits per heavy atom. The molecule has 7 nitrogen and oxygen atoms in total. The van der Waals surface area contributed by atoms with E-state index in [0.29, 0.717) is 11.3 Å². The van der Waals surface area contributed by atoms with Crippen LogP contribution in [0.5, 0.6) is 0 Å². The van der Waals surface area contributed by atoms with Gasteiger partial charge in [0.15, 0.2) is 5.78 Å². The van der Waals surface area contributed by atoms with Crippen molar-refractivity contribution in [1.29, 1.82) is 0 Å². The van der Waals surface area contributed by atoms with Gasteiger partial charge in [-0.15, -0.1) is 5.10 Å². The lowest BCUT2D eigenvalue weighted by Gasteiger charge is -2.09. The van der Waals surface area contributed by atoms with Crippen molar-refractivity contribution in [1.82, 2.24) is 10.4 Å². The van der Waals surface area contributed by atoms with Gasteiger partial charge in [0.2, 0.25) is 5.90 Å². The van der Waals surface area contributed by atoms with Crippen molar-refractivity contribution in [2.75, 3.05) is 12.4 Å². The van der Waals surface area contributed by atoms with Crippen LogP contribution >= 0.6 is 0 Å². The summed E-state index contributed by atoms with van der Waals surface area (Å²) >= 11 is 0. The quantitative estimate of drug-likeness (QED) is 0.392. The zero-order chi connectivity index (χ0) is 16.7. The van der Waals surface area contributed by atoms with Crippen LogP contribution in [0.3, 0.4) is 0 Å². The number of para-hydroxylation sites is 1. The molecule has 0 unspecified atom stereocenters. The zero-order valence-electron chi connectivity index (χ0n) is 12.7. The second-order valence-corrected chi connectivity index (χ2v) is 4.51. The van der Waals surface area contributed by atoms with Crippen LogP contribution in [0.4, 0.5) is 10.5 Å². The number of ketones is 1. The minimum Gasteiger partial charge on any atom is -0.479 e. The molecule has 0 saturated heterocycles. The van der Waals surface area contributed by atoms with E-state index in [1.54, 1.807) is 36.4 Å². The number of benzene rings is 1. The van der Waals surface area contributed by atoms with Crippen LogP contribution in [0, 0.1) is 0 Å². The molecule has 0 spiro atoms. The number of carbonyl (C=O) groups excluding carboxylic acids is 2. The number of aromatic nitrogens is 1. The van der Waals surface area contributed by atoms with Gasteiger partial charge >= 0.3 is 6.03 Å². The monoisotopic (exact) mass is 312 g/mol. The van der Waals surface area contributed by atoms with Crippen LogP contribution in [0.25, 0.3) is 0 Å². The fraction of sp³-hybridized carbons (Fsp3) is 0.125. The molecule has 0 atom stereocenters. The Balaban J connectivity index is 2.13. The Kier molecular flexibility index (Phi) is 5.40. The molecule has 0 bridgehead atoms. The van der Waals surface area contributed by atoms with Crippen molar-refractivity contribution in [2.45, 2.75) is 6.92 Å². The number of anilines is 1. The summed E-state index contributed by atoms with van der Waals surface area (Å²) in [5, 5.41) is 6.51. The number of carbonyl (C=O) groups is 2. The summed E-state index contributed by atoms with van der Waals surface area (Å²) in [4.78, 5) is 27.4. The summed E-state index contributed by atoms with van der Waals surface area (Å²) in [6.45, 7) is 1.40. The summed E-state index contributed by atoms with van der Waals surface area (Å²) in [6, 6.07) is 11.7. The molecule has 7 heteroatoms. The number of hydrazone groups is 1. The third-order valence-electron chi connectivity index (χ3n) is 2.86. The topological polar surface area (TPSA) is 92.7 Å². The van der Waals surface area contributed by atoms with Gasteiger partial charge in [0, 0.05) is 18.8 Å². The third kappa shape index (κ3) is 4.37. The molecule has 0 aliphatic heterocycles. The number of rotatable bonds is 4.